The fraction of sp³-hybridized carbons (Fsp3) is 0.500. The van der Waals surface area contributed by atoms with Gasteiger partial charge in [-0.25, -0.2) is 18.0 Å². The van der Waals surface area contributed by atoms with Gasteiger partial charge in [0.1, 0.15) is 0 Å². The fourth-order valence-corrected chi connectivity index (χ4v) is 4.56. The third kappa shape index (κ3) is 5.29. The molecule has 1 saturated carbocycles. The van der Waals surface area contributed by atoms with Crippen LogP contribution in [0, 0.1) is 0 Å². The van der Waals surface area contributed by atoms with Gasteiger partial charge in [-0.3, -0.25) is 10.1 Å². The highest BCUT2D eigenvalue weighted by Gasteiger charge is 2.30. The van der Waals surface area contributed by atoms with E-state index in [2.05, 4.69) is 0 Å². The number of nitrogens with one attached hydrogen (secondary N) is 1. The number of imide groups is 1. The maximum atomic E-state index is 12.9. The SMILES string of the molecule is CC(OC(=O)c1cccc(S(=O)(=O)N(C)C2CCCCC2)c1)C(=O)NC(N)=O. The molecule has 10 heteroatoms. The number of hydrogen-bond donors (Lipinski definition) is 2. The molecule has 0 aromatic heterocycles. The Morgan fingerprint density at radius 1 is 1.21 bits per heavy atom. The lowest BCUT2D eigenvalue weighted by Crippen LogP contribution is -2.42. The minimum atomic E-state index is -3.77. The number of esters is 1. The Morgan fingerprint density at radius 3 is 2.46 bits per heavy atom. The first-order valence-electron chi connectivity index (χ1n) is 9.02. The average Bonchev–Trinajstić information content (AvgIpc) is 2.67. The summed E-state index contributed by atoms with van der Waals surface area (Å²) in [6, 6.07) is 4.33. The maximum absolute atomic E-state index is 12.9. The van der Waals surface area contributed by atoms with Gasteiger partial charge in [0.25, 0.3) is 5.91 Å². The van der Waals surface area contributed by atoms with Gasteiger partial charge in [-0.2, -0.15) is 4.31 Å². The first-order chi connectivity index (χ1) is 13.1. The van der Waals surface area contributed by atoms with Gasteiger partial charge in [-0.15, -0.1) is 0 Å². The van der Waals surface area contributed by atoms with Crippen LogP contribution < -0.4 is 11.1 Å². The zero-order valence-corrected chi connectivity index (χ0v) is 16.7. The third-order valence-corrected chi connectivity index (χ3v) is 6.64. The number of nitrogens with two attached hydrogens (primary N) is 1. The van der Waals surface area contributed by atoms with Crippen LogP contribution in [0.4, 0.5) is 4.79 Å². The standard InChI is InChI=1S/C18H25N3O6S/c1-12(16(22)20-18(19)24)27-17(23)13-7-6-10-15(11-13)28(25,26)21(2)14-8-4-3-5-9-14/h6-7,10-12,14H,3-5,8-9H2,1-2H3,(H3,19,20,22,24). The molecule has 0 bridgehead atoms. The van der Waals surface area contributed by atoms with Crippen LogP contribution in [0.3, 0.4) is 0 Å². The number of rotatable bonds is 6. The number of carbonyl (C=O) groups is 3. The highest BCUT2D eigenvalue weighted by atomic mass is 32.2. The van der Waals surface area contributed by atoms with E-state index < -0.39 is 34.0 Å². The summed E-state index contributed by atoms with van der Waals surface area (Å²) >= 11 is 0. The summed E-state index contributed by atoms with van der Waals surface area (Å²) in [5, 5.41) is 1.81. The topological polar surface area (TPSA) is 136 Å². The number of urea groups is 1. The van der Waals surface area contributed by atoms with Crippen molar-refractivity contribution in [2.24, 2.45) is 5.73 Å². The largest absolute Gasteiger partial charge is 0.449 e. The molecule has 1 aromatic rings. The third-order valence-electron chi connectivity index (χ3n) is 4.74. The summed E-state index contributed by atoms with van der Waals surface area (Å²) in [5.74, 6) is -1.76. The van der Waals surface area contributed by atoms with Crippen LogP contribution in [-0.2, 0) is 19.6 Å². The number of ether oxygens (including phenoxy) is 1. The molecule has 3 amide bonds. The zero-order valence-electron chi connectivity index (χ0n) is 15.9. The van der Waals surface area contributed by atoms with E-state index in [-0.39, 0.29) is 16.5 Å². The van der Waals surface area contributed by atoms with Crippen molar-refractivity contribution in [2.75, 3.05) is 7.05 Å². The normalized spacial score (nSPS) is 16.4. The highest BCUT2D eigenvalue weighted by Crippen LogP contribution is 2.26. The van der Waals surface area contributed by atoms with E-state index in [1.807, 2.05) is 0 Å². The van der Waals surface area contributed by atoms with Crippen LogP contribution in [-0.4, -0.2) is 49.8 Å². The summed E-state index contributed by atoms with van der Waals surface area (Å²) in [5.41, 5.74) is 4.83. The molecule has 1 atom stereocenters. The van der Waals surface area contributed by atoms with Crippen LogP contribution in [0.2, 0.25) is 0 Å². The summed E-state index contributed by atoms with van der Waals surface area (Å²) in [6.45, 7) is 1.27. The molecule has 1 aromatic carbocycles. The summed E-state index contributed by atoms with van der Waals surface area (Å²) < 4.78 is 32.2. The first-order valence-corrected chi connectivity index (χ1v) is 10.5. The van der Waals surface area contributed by atoms with Crippen LogP contribution in [0.1, 0.15) is 49.4 Å². The van der Waals surface area contributed by atoms with E-state index >= 15 is 0 Å². The molecule has 28 heavy (non-hydrogen) atoms. The van der Waals surface area contributed by atoms with Gasteiger partial charge in [-0.1, -0.05) is 25.3 Å². The minimum absolute atomic E-state index is 0.0168. The number of nitrogens with zero attached hydrogens (tertiary/aromatic N) is 1. The van der Waals surface area contributed by atoms with Gasteiger partial charge in [0.15, 0.2) is 6.10 Å². The monoisotopic (exact) mass is 411 g/mol. The molecule has 1 aliphatic carbocycles. The number of sulfonamides is 1. The molecule has 0 radical (unpaired) electrons. The summed E-state index contributed by atoms with van der Waals surface area (Å²) in [6.07, 6.45) is 3.43. The second-order valence-corrected chi connectivity index (χ2v) is 8.74. The Balaban J connectivity index is 2.15. The predicted octanol–water partition coefficient (Wildman–Crippen LogP) is 1.38. The second-order valence-electron chi connectivity index (χ2n) is 6.74. The van der Waals surface area contributed by atoms with Gasteiger partial charge in [0, 0.05) is 13.1 Å². The molecule has 2 rings (SSSR count). The summed E-state index contributed by atoms with van der Waals surface area (Å²) in [4.78, 5) is 34.6. The second kappa shape index (κ2) is 9.16. The molecule has 0 aliphatic heterocycles. The number of hydrogen-bond acceptors (Lipinski definition) is 6. The van der Waals surface area contributed by atoms with E-state index in [9.17, 15) is 22.8 Å². The van der Waals surface area contributed by atoms with Crippen molar-refractivity contribution in [3.63, 3.8) is 0 Å². The van der Waals surface area contributed by atoms with E-state index in [4.69, 9.17) is 10.5 Å². The molecule has 1 fully saturated rings. The molecule has 9 nitrogen and oxygen atoms in total. The average molecular weight is 411 g/mol. The van der Waals surface area contributed by atoms with Gasteiger partial charge in [0.2, 0.25) is 10.0 Å². The Hall–Kier alpha value is -2.46. The maximum Gasteiger partial charge on any atom is 0.338 e. The quantitative estimate of drug-likeness (QED) is 0.679. The van der Waals surface area contributed by atoms with Crippen LogP contribution >= 0.6 is 0 Å². The van der Waals surface area contributed by atoms with Crippen LogP contribution in [0.5, 0.6) is 0 Å². The van der Waals surface area contributed by atoms with Crippen LogP contribution in [0.25, 0.3) is 0 Å². The van der Waals surface area contributed by atoms with Gasteiger partial charge in [0.05, 0.1) is 10.5 Å². The lowest BCUT2D eigenvalue weighted by molar-refractivity contribution is -0.127. The highest BCUT2D eigenvalue weighted by molar-refractivity contribution is 7.89. The number of amides is 3. The predicted molar refractivity (Wildman–Crippen MR) is 101 cm³/mol. The van der Waals surface area contributed by atoms with Crippen molar-refractivity contribution in [2.45, 2.75) is 56.1 Å². The van der Waals surface area contributed by atoms with Crippen LogP contribution in [0.15, 0.2) is 29.2 Å². The molecule has 1 unspecified atom stereocenters. The molecule has 3 N–H and O–H groups in total. The number of primary amides is 1. The van der Waals surface area contributed by atoms with Crippen molar-refractivity contribution >= 4 is 27.9 Å². The molecule has 0 heterocycles. The van der Waals surface area contributed by atoms with Crippen molar-refractivity contribution in [1.82, 2.24) is 9.62 Å². The van der Waals surface area contributed by atoms with E-state index in [1.165, 1.54) is 35.5 Å². The lowest BCUT2D eigenvalue weighted by atomic mass is 9.96. The summed E-state index contributed by atoms with van der Waals surface area (Å²) in [7, 11) is -2.22. The molecule has 1 aliphatic rings. The minimum Gasteiger partial charge on any atom is -0.449 e. The molecule has 154 valence electrons. The Kier molecular flexibility index (Phi) is 7.14. The van der Waals surface area contributed by atoms with Gasteiger partial charge in [-0.05, 0) is 38.0 Å². The lowest BCUT2D eigenvalue weighted by Gasteiger charge is -2.30. The van der Waals surface area contributed by atoms with Crippen molar-refractivity contribution in [1.29, 1.82) is 0 Å². The van der Waals surface area contributed by atoms with E-state index in [0.29, 0.717) is 0 Å². The van der Waals surface area contributed by atoms with Crippen molar-refractivity contribution in [3.8, 4) is 0 Å². The Morgan fingerprint density at radius 2 is 1.86 bits per heavy atom. The van der Waals surface area contributed by atoms with Gasteiger partial charge >= 0.3 is 12.0 Å². The zero-order chi connectivity index (χ0) is 20.9. The number of carbonyl (C=O) groups excluding carboxylic acids is 3. The van der Waals surface area contributed by atoms with E-state index in [1.54, 1.807) is 12.4 Å². The van der Waals surface area contributed by atoms with Crippen molar-refractivity contribution in [3.05, 3.63) is 29.8 Å². The van der Waals surface area contributed by atoms with Crippen molar-refractivity contribution < 1.29 is 27.5 Å². The fourth-order valence-electron chi connectivity index (χ4n) is 3.10. The molecular formula is C18H25N3O6S. The van der Waals surface area contributed by atoms with Gasteiger partial charge < -0.3 is 10.5 Å². The number of benzene rings is 1. The molecular weight excluding hydrogens is 386 g/mol. The molecule has 0 saturated heterocycles. The Bertz CT molecular complexity index is 849. The Labute approximate surface area is 164 Å². The van der Waals surface area contributed by atoms with E-state index in [0.717, 1.165) is 32.1 Å². The molecule has 0 spiro atoms. The smallest absolute Gasteiger partial charge is 0.338 e. The first kappa shape index (κ1) is 21.8.